The van der Waals surface area contributed by atoms with Gasteiger partial charge in [0.05, 0.1) is 6.54 Å². The Balaban J connectivity index is 1.28. The average molecular weight is 289 g/mol. The standard InChI is InChI=1S/C15H23N5O/c21-14-3-1-7-19(14)8-2-6-18-9-10-20-13(11-18)16-17-15(20)12-4-5-12/h12H,1-11H2. The molecule has 114 valence electrons. The van der Waals surface area contributed by atoms with Gasteiger partial charge in [-0.25, -0.2) is 0 Å². The van der Waals surface area contributed by atoms with Gasteiger partial charge in [0, 0.05) is 45.1 Å². The number of aromatic nitrogens is 3. The van der Waals surface area contributed by atoms with Crippen LogP contribution in [-0.4, -0.2) is 56.7 Å². The minimum Gasteiger partial charge on any atom is -0.343 e. The molecule has 4 rings (SSSR count). The number of hydrogen-bond acceptors (Lipinski definition) is 4. The molecule has 1 saturated carbocycles. The molecule has 3 heterocycles. The van der Waals surface area contributed by atoms with E-state index in [1.807, 2.05) is 4.90 Å². The predicted molar refractivity (Wildman–Crippen MR) is 77.7 cm³/mol. The lowest BCUT2D eigenvalue weighted by atomic mass is 10.3. The van der Waals surface area contributed by atoms with E-state index in [1.165, 1.54) is 18.7 Å². The van der Waals surface area contributed by atoms with Crippen LogP contribution in [0.2, 0.25) is 0 Å². The van der Waals surface area contributed by atoms with Crippen LogP contribution in [0, 0.1) is 0 Å². The molecule has 2 aliphatic heterocycles. The first-order valence-electron chi connectivity index (χ1n) is 8.23. The maximum atomic E-state index is 11.6. The van der Waals surface area contributed by atoms with Crippen molar-refractivity contribution in [3.05, 3.63) is 11.6 Å². The molecule has 6 nitrogen and oxygen atoms in total. The van der Waals surface area contributed by atoms with Crippen LogP contribution in [0.1, 0.15) is 49.7 Å². The van der Waals surface area contributed by atoms with Gasteiger partial charge >= 0.3 is 0 Å². The van der Waals surface area contributed by atoms with E-state index in [0.717, 1.165) is 64.4 Å². The Kier molecular flexibility index (Phi) is 3.41. The molecule has 0 radical (unpaired) electrons. The molecule has 0 spiro atoms. The van der Waals surface area contributed by atoms with Crippen LogP contribution in [0.3, 0.4) is 0 Å². The zero-order valence-corrected chi connectivity index (χ0v) is 12.5. The van der Waals surface area contributed by atoms with Crippen LogP contribution < -0.4 is 0 Å². The van der Waals surface area contributed by atoms with Gasteiger partial charge in [-0.15, -0.1) is 10.2 Å². The van der Waals surface area contributed by atoms with Gasteiger partial charge in [0.15, 0.2) is 0 Å². The summed E-state index contributed by atoms with van der Waals surface area (Å²) in [4.78, 5) is 16.0. The number of carbonyl (C=O) groups is 1. The second kappa shape index (κ2) is 5.40. The van der Waals surface area contributed by atoms with Crippen molar-refractivity contribution in [1.29, 1.82) is 0 Å². The Morgan fingerprint density at radius 3 is 2.76 bits per heavy atom. The van der Waals surface area contributed by atoms with Gasteiger partial charge in [-0.1, -0.05) is 0 Å². The van der Waals surface area contributed by atoms with Crippen LogP contribution in [0.4, 0.5) is 0 Å². The quantitative estimate of drug-likeness (QED) is 0.811. The minimum atomic E-state index is 0.336. The smallest absolute Gasteiger partial charge is 0.222 e. The molecule has 0 aromatic carbocycles. The summed E-state index contributed by atoms with van der Waals surface area (Å²) in [6.45, 7) is 5.94. The molecular formula is C15H23N5O. The second-order valence-corrected chi connectivity index (χ2v) is 6.51. The third kappa shape index (κ3) is 2.69. The van der Waals surface area contributed by atoms with Crippen molar-refractivity contribution in [2.24, 2.45) is 0 Å². The van der Waals surface area contributed by atoms with Crippen LogP contribution in [0.5, 0.6) is 0 Å². The number of rotatable bonds is 5. The van der Waals surface area contributed by atoms with E-state index in [4.69, 9.17) is 0 Å². The molecule has 0 atom stereocenters. The van der Waals surface area contributed by atoms with Crippen LogP contribution >= 0.6 is 0 Å². The van der Waals surface area contributed by atoms with E-state index in [2.05, 4.69) is 19.7 Å². The third-order valence-corrected chi connectivity index (χ3v) is 4.88. The maximum absolute atomic E-state index is 11.6. The second-order valence-electron chi connectivity index (χ2n) is 6.51. The van der Waals surface area contributed by atoms with Crippen LogP contribution in [-0.2, 0) is 17.9 Å². The fourth-order valence-corrected chi connectivity index (χ4v) is 3.49. The number of amides is 1. The van der Waals surface area contributed by atoms with Crippen LogP contribution in [0.25, 0.3) is 0 Å². The number of hydrogen-bond donors (Lipinski definition) is 0. The summed E-state index contributed by atoms with van der Waals surface area (Å²) in [6, 6.07) is 0. The lowest BCUT2D eigenvalue weighted by Gasteiger charge is -2.28. The Hall–Kier alpha value is -1.43. The SMILES string of the molecule is O=C1CCCN1CCCN1CCn2c(nnc2C2CC2)C1. The van der Waals surface area contributed by atoms with Crippen molar-refractivity contribution >= 4 is 5.91 Å². The Bertz CT molecular complexity index is 536. The van der Waals surface area contributed by atoms with E-state index in [0.29, 0.717) is 11.8 Å². The maximum Gasteiger partial charge on any atom is 0.222 e. The van der Waals surface area contributed by atoms with E-state index in [9.17, 15) is 4.79 Å². The van der Waals surface area contributed by atoms with Crippen molar-refractivity contribution in [2.75, 3.05) is 26.2 Å². The lowest BCUT2D eigenvalue weighted by molar-refractivity contribution is -0.127. The number of fused-ring (bicyclic) bond motifs is 1. The van der Waals surface area contributed by atoms with Crippen LogP contribution in [0.15, 0.2) is 0 Å². The van der Waals surface area contributed by atoms with E-state index >= 15 is 0 Å². The first-order valence-corrected chi connectivity index (χ1v) is 8.23. The zero-order chi connectivity index (χ0) is 14.2. The number of likely N-dealkylation sites (tertiary alicyclic amines) is 1. The highest BCUT2D eigenvalue weighted by molar-refractivity contribution is 5.77. The first kappa shape index (κ1) is 13.2. The van der Waals surface area contributed by atoms with Crippen molar-refractivity contribution in [2.45, 2.75) is 51.1 Å². The van der Waals surface area contributed by atoms with Gasteiger partial charge in [-0.05, 0) is 25.7 Å². The highest BCUT2D eigenvalue weighted by Crippen LogP contribution is 2.39. The molecule has 6 heteroatoms. The Labute approximate surface area is 125 Å². The molecule has 1 aromatic rings. The van der Waals surface area contributed by atoms with Gasteiger partial charge in [0.1, 0.15) is 11.6 Å². The Morgan fingerprint density at radius 1 is 1.10 bits per heavy atom. The molecule has 1 aliphatic carbocycles. The molecule has 0 unspecified atom stereocenters. The molecule has 0 bridgehead atoms. The monoisotopic (exact) mass is 289 g/mol. The van der Waals surface area contributed by atoms with Crippen molar-refractivity contribution in [1.82, 2.24) is 24.6 Å². The molecule has 2 fully saturated rings. The summed E-state index contributed by atoms with van der Waals surface area (Å²) in [5.41, 5.74) is 0. The first-order chi connectivity index (χ1) is 10.3. The van der Waals surface area contributed by atoms with E-state index < -0.39 is 0 Å². The molecule has 1 aromatic heterocycles. The molecule has 3 aliphatic rings. The number of nitrogens with zero attached hydrogens (tertiary/aromatic N) is 5. The Morgan fingerprint density at radius 2 is 2.00 bits per heavy atom. The molecular weight excluding hydrogens is 266 g/mol. The summed E-state index contributed by atoms with van der Waals surface area (Å²) < 4.78 is 2.33. The van der Waals surface area contributed by atoms with Crippen molar-refractivity contribution in [3.8, 4) is 0 Å². The van der Waals surface area contributed by atoms with Gasteiger partial charge < -0.3 is 9.47 Å². The number of carbonyl (C=O) groups excluding carboxylic acids is 1. The molecule has 0 N–H and O–H groups in total. The molecule has 1 amide bonds. The summed E-state index contributed by atoms with van der Waals surface area (Å²) in [5, 5.41) is 8.75. The van der Waals surface area contributed by atoms with Gasteiger partial charge in [-0.3, -0.25) is 9.69 Å². The van der Waals surface area contributed by atoms with Crippen molar-refractivity contribution in [3.63, 3.8) is 0 Å². The van der Waals surface area contributed by atoms with Gasteiger partial charge in [-0.2, -0.15) is 0 Å². The van der Waals surface area contributed by atoms with Gasteiger partial charge in [0.25, 0.3) is 0 Å². The normalized spacial score (nSPS) is 22.9. The molecule has 21 heavy (non-hydrogen) atoms. The summed E-state index contributed by atoms with van der Waals surface area (Å²) in [7, 11) is 0. The van der Waals surface area contributed by atoms with E-state index in [1.54, 1.807) is 0 Å². The summed E-state index contributed by atoms with van der Waals surface area (Å²) in [6.07, 6.45) is 5.42. The fourth-order valence-electron chi connectivity index (χ4n) is 3.49. The van der Waals surface area contributed by atoms with E-state index in [-0.39, 0.29) is 0 Å². The molecule has 1 saturated heterocycles. The van der Waals surface area contributed by atoms with Crippen molar-refractivity contribution < 1.29 is 4.79 Å². The predicted octanol–water partition coefficient (Wildman–Crippen LogP) is 0.984. The third-order valence-electron chi connectivity index (χ3n) is 4.88. The topological polar surface area (TPSA) is 54.3 Å². The lowest BCUT2D eigenvalue weighted by Crippen LogP contribution is -2.36. The minimum absolute atomic E-state index is 0.336. The summed E-state index contributed by atoms with van der Waals surface area (Å²) in [5.74, 6) is 3.36. The summed E-state index contributed by atoms with van der Waals surface area (Å²) >= 11 is 0. The largest absolute Gasteiger partial charge is 0.343 e. The average Bonchev–Trinajstić information content (AvgIpc) is 3.12. The van der Waals surface area contributed by atoms with Gasteiger partial charge in [0.2, 0.25) is 5.91 Å². The fraction of sp³-hybridized carbons (Fsp3) is 0.800. The highest BCUT2D eigenvalue weighted by Gasteiger charge is 2.32. The zero-order valence-electron chi connectivity index (χ0n) is 12.5. The highest BCUT2D eigenvalue weighted by atomic mass is 16.2.